The number of hydrogen-bond acceptors (Lipinski definition) is 1. The Kier molecular flexibility index (Phi) is 8.00. The molecule has 1 nitrogen and oxygen atoms in total. The number of rotatable bonds is 6. The Morgan fingerprint density at radius 1 is 0.500 bits per heavy atom. The zero-order chi connectivity index (χ0) is 39.0. The lowest BCUT2D eigenvalue weighted by Gasteiger charge is -2.16. The minimum absolute atomic E-state index is 0.00744. The Hall–Kier alpha value is -6.74. The summed E-state index contributed by atoms with van der Waals surface area (Å²) in [4.78, 5) is 1.35. The van der Waals surface area contributed by atoms with Gasteiger partial charge in [0.05, 0.1) is 11.0 Å². The van der Waals surface area contributed by atoms with Gasteiger partial charge in [-0.15, -0.1) is 11.3 Å². The van der Waals surface area contributed by atoms with Gasteiger partial charge in [0.15, 0.2) is 0 Å². The van der Waals surface area contributed by atoms with E-state index >= 15 is 0 Å². The minimum atomic E-state index is -0.00744. The van der Waals surface area contributed by atoms with Gasteiger partial charge in [-0.1, -0.05) is 172 Å². The quantitative estimate of drug-likeness (QED) is 0.159. The Morgan fingerprint density at radius 3 is 1.91 bits per heavy atom. The topological polar surface area (TPSA) is 4.93 Å². The van der Waals surface area contributed by atoms with E-state index in [-0.39, 0.29) is 5.41 Å². The molecule has 0 amide bonds. The molecule has 0 saturated carbocycles. The van der Waals surface area contributed by atoms with Crippen LogP contribution in [0.1, 0.15) is 42.3 Å². The molecule has 0 fully saturated rings. The molecule has 0 unspecified atom stereocenters. The Morgan fingerprint density at radius 2 is 1.10 bits per heavy atom. The van der Waals surface area contributed by atoms with Crippen LogP contribution in [0.3, 0.4) is 0 Å². The molecule has 8 aromatic carbocycles. The average molecular weight is 760 g/mol. The molecule has 58 heavy (non-hydrogen) atoms. The van der Waals surface area contributed by atoms with Gasteiger partial charge < -0.3 is 4.57 Å². The van der Waals surface area contributed by atoms with E-state index in [2.05, 4.69) is 219 Å². The van der Waals surface area contributed by atoms with Crippen molar-refractivity contribution in [2.24, 2.45) is 0 Å². The van der Waals surface area contributed by atoms with E-state index < -0.39 is 0 Å². The van der Waals surface area contributed by atoms with Crippen molar-refractivity contribution in [1.29, 1.82) is 0 Å². The van der Waals surface area contributed by atoms with Crippen molar-refractivity contribution in [3.05, 3.63) is 210 Å². The van der Waals surface area contributed by atoms with Gasteiger partial charge in [0.2, 0.25) is 0 Å². The fourth-order valence-corrected chi connectivity index (χ4v) is 10.8. The summed E-state index contributed by atoms with van der Waals surface area (Å²) in [6.07, 6.45) is 6.95. The standard InChI is InChI=1S/C56H41NS/c1-4-14-46-47-23-13-22-44(54(47)58-55(46)50-35-56(2,3)51-24-11-10-20-45(50)51)38-27-25-36(26-28-38)39-29-31-52-48(33-39)49-34-40(43-21-12-16-37-15-8-9-19-42(37)43)30-32-53(49)57(52)41-17-6-5-7-18-41/h4-35H,1-3H3/b14-4-. The third kappa shape index (κ3) is 5.44. The lowest BCUT2D eigenvalue weighted by atomic mass is 9.87. The molecule has 0 bridgehead atoms. The molecule has 0 saturated heterocycles. The van der Waals surface area contributed by atoms with Crippen molar-refractivity contribution in [2.75, 3.05) is 0 Å². The largest absolute Gasteiger partial charge is 0.309 e. The molecule has 1 aliphatic carbocycles. The first kappa shape index (κ1) is 34.5. The molecule has 0 aliphatic heterocycles. The normalized spacial score (nSPS) is 13.6. The highest BCUT2D eigenvalue weighted by Gasteiger charge is 2.32. The highest BCUT2D eigenvalue weighted by Crippen LogP contribution is 2.49. The summed E-state index contributed by atoms with van der Waals surface area (Å²) in [6.45, 7) is 6.78. The Bertz CT molecular complexity index is 3290. The van der Waals surface area contributed by atoms with E-state index in [9.17, 15) is 0 Å². The maximum absolute atomic E-state index is 2.47. The van der Waals surface area contributed by atoms with Crippen molar-refractivity contribution in [2.45, 2.75) is 26.2 Å². The molecule has 10 aromatic rings. The summed E-state index contributed by atoms with van der Waals surface area (Å²) in [6, 6.07) is 64.9. The average Bonchev–Trinajstić information content (AvgIpc) is 3.90. The van der Waals surface area contributed by atoms with Gasteiger partial charge in [-0.3, -0.25) is 0 Å². The van der Waals surface area contributed by atoms with Crippen LogP contribution in [0.2, 0.25) is 0 Å². The number of nitrogens with zero attached hydrogens (tertiary/aromatic N) is 1. The molecule has 276 valence electrons. The number of hydrogen-bond donors (Lipinski definition) is 0. The van der Waals surface area contributed by atoms with E-state index in [4.69, 9.17) is 0 Å². The van der Waals surface area contributed by atoms with Crippen LogP contribution in [0.5, 0.6) is 0 Å². The molecule has 0 atom stereocenters. The summed E-state index contributed by atoms with van der Waals surface area (Å²) in [5.74, 6) is 0. The monoisotopic (exact) mass is 759 g/mol. The predicted octanol–water partition coefficient (Wildman–Crippen LogP) is 15.9. The third-order valence-electron chi connectivity index (χ3n) is 12.2. The molecule has 2 aromatic heterocycles. The maximum Gasteiger partial charge on any atom is 0.0541 e. The lowest BCUT2D eigenvalue weighted by molar-refractivity contribution is 0.683. The molecular formula is C56H41NS. The van der Waals surface area contributed by atoms with Crippen molar-refractivity contribution in [1.82, 2.24) is 4.57 Å². The maximum atomic E-state index is 2.47. The summed E-state index contributed by atoms with van der Waals surface area (Å²) in [5.41, 5.74) is 16.4. The smallest absolute Gasteiger partial charge is 0.0541 e. The molecule has 0 spiro atoms. The number of allylic oxidation sites excluding steroid dienone is 2. The fraction of sp³-hybridized carbons (Fsp3) is 0.0714. The van der Waals surface area contributed by atoms with Gasteiger partial charge in [0.1, 0.15) is 0 Å². The van der Waals surface area contributed by atoms with E-state index in [0.29, 0.717) is 0 Å². The molecule has 1 aliphatic rings. The van der Waals surface area contributed by atoms with Crippen LogP contribution >= 0.6 is 11.3 Å². The van der Waals surface area contributed by atoms with Gasteiger partial charge in [-0.05, 0) is 104 Å². The Balaban J connectivity index is 1.02. The van der Waals surface area contributed by atoms with Gasteiger partial charge in [-0.25, -0.2) is 0 Å². The second-order valence-corrected chi connectivity index (χ2v) is 17.1. The van der Waals surface area contributed by atoms with Crippen LogP contribution in [0.4, 0.5) is 0 Å². The van der Waals surface area contributed by atoms with E-state index in [1.165, 1.54) is 103 Å². The van der Waals surface area contributed by atoms with Crippen LogP contribution in [0, 0.1) is 0 Å². The fourth-order valence-electron chi connectivity index (χ4n) is 9.43. The third-order valence-corrected chi connectivity index (χ3v) is 13.4. The first-order valence-electron chi connectivity index (χ1n) is 20.2. The lowest BCUT2D eigenvalue weighted by Crippen LogP contribution is -2.10. The number of para-hydroxylation sites is 1. The Labute approximate surface area is 343 Å². The second kappa shape index (κ2) is 13.4. The van der Waals surface area contributed by atoms with Crippen LogP contribution in [-0.2, 0) is 5.41 Å². The SMILES string of the molecule is C/C=C\c1c(C2=CC(C)(C)c3ccccc32)sc2c(-c3ccc(-c4ccc5c(c4)c4cc(-c6cccc7ccccc67)ccc4n5-c4ccccc4)cc3)cccc12. The van der Waals surface area contributed by atoms with Crippen molar-refractivity contribution < 1.29 is 0 Å². The van der Waals surface area contributed by atoms with Crippen LogP contribution in [-0.4, -0.2) is 4.57 Å². The molecule has 2 heterocycles. The van der Waals surface area contributed by atoms with Crippen molar-refractivity contribution in [3.63, 3.8) is 0 Å². The predicted molar refractivity (Wildman–Crippen MR) is 251 cm³/mol. The molecular weight excluding hydrogens is 719 g/mol. The number of benzene rings is 8. The number of fused-ring (bicyclic) bond motifs is 6. The molecule has 0 radical (unpaired) electrons. The summed E-state index contributed by atoms with van der Waals surface area (Å²) in [5, 5.41) is 6.34. The summed E-state index contributed by atoms with van der Waals surface area (Å²) < 4.78 is 3.74. The summed E-state index contributed by atoms with van der Waals surface area (Å²) >= 11 is 1.93. The second-order valence-electron chi connectivity index (χ2n) is 16.1. The molecule has 2 heteroatoms. The van der Waals surface area contributed by atoms with Gasteiger partial charge in [0.25, 0.3) is 0 Å². The molecule has 0 N–H and O–H groups in total. The highest BCUT2D eigenvalue weighted by molar-refractivity contribution is 7.21. The zero-order valence-corrected chi connectivity index (χ0v) is 33.6. The van der Waals surface area contributed by atoms with Crippen molar-refractivity contribution >= 4 is 65.7 Å². The summed E-state index contributed by atoms with van der Waals surface area (Å²) in [7, 11) is 0. The zero-order valence-electron chi connectivity index (χ0n) is 32.8. The van der Waals surface area contributed by atoms with E-state index in [0.717, 1.165) is 5.69 Å². The minimum Gasteiger partial charge on any atom is -0.309 e. The number of thiophene rings is 1. The van der Waals surface area contributed by atoms with Crippen molar-refractivity contribution in [3.8, 4) is 39.1 Å². The first-order valence-corrected chi connectivity index (χ1v) is 21.0. The van der Waals surface area contributed by atoms with Crippen LogP contribution < -0.4 is 0 Å². The molecule has 11 rings (SSSR count). The van der Waals surface area contributed by atoms with Crippen LogP contribution in [0.15, 0.2) is 188 Å². The first-order chi connectivity index (χ1) is 28.5. The van der Waals surface area contributed by atoms with Gasteiger partial charge in [-0.2, -0.15) is 0 Å². The van der Waals surface area contributed by atoms with Gasteiger partial charge >= 0.3 is 0 Å². The highest BCUT2D eigenvalue weighted by atomic mass is 32.1. The van der Waals surface area contributed by atoms with E-state index in [1.54, 1.807) is 0 Å². The number of aromatic nitrogens is 1. The van der Waals surface area contributed by atoms with Crippen LogP contribution in [0.25, 0.3) is 93.4 Å². The van der Waals surface area contributed by atoms with Gasteiger partial charge in [0, 0.05) is 42.4 Å². The van der Waals surface area contributed by atoms with E-state index in [1.807, 2.05) is 11.3 Å².